The molecule has 1 heterocycles. The molecule has 1 rings (SSSR count). The maximum atomic E-state index is 9.71. The van der Waals surface area contributed by atoms with Gasteiger partial charge in [0, 0.05) is 25.0 Å². The first kappa shape index (κ1) is 10.9. The van der Waals surface area contributed by atoms with E-state index in [-0.39, 0.29) is 12.0 Å². The molecule has 0 radical (unpaired) electrons. The van der Waals surface area contributed by atoms with Gasteiger partial charge in [-0.05, 0) is 26.7 Å². The highest BCUT2D eigenvalue weighted by molar-refractivity contribution is 4.74. The fourth-order valence-corrected chi connectivity index (χ4v) is 1.72. The van der Waals surface area contributed by atoms with Gasteiger partial charge >= 0.3 is 0 Å². The van der Waals surface area contributed by atoms with Gasteiger partial charge in [0.15, 0.2) is 0 Å². The van der Waals surface area contributed by atoms with Crippen LogP contribution in [0.25, 0.3) is 0 Å². The van der Waals surface area contributed by atoms with Crippen LogP contribution in [-0.4, -0.2) is 40.7 Å². The van der Waals surface area contributed by atoms with Gasteiger partial charge in [0.2, 0.25) is 0 Å². The lowest BCUT2D eigenvalue weighted by Crippen LogP contribution is -2.46. The predicted octanol–water partition coefficient (Wildman–Crippen LogP) is 0.404. The van der Waals surface area contributed by atoms with E-state index in [1.54, 1.807) is 0 Å². The first-order valence-electron chi connectivity index (χ1n) is 4.97. The number of rotatable bonds is 3. The van der Waals surface area contributed by atoms with Crippen LogP contribution < -0.4 is 5.32 Å². The molecule has 4 nitrogen and oxygen atoms in total. The Balaban J connectivity index is 2.32. The second-order valence-electron chi connectivity index (χ2n) is 4.08. The summed E-state index contributed by atoms with van der Waals surface area (Å²) in [6.45, 7) is 5.30. The molecule has 13 heavy (non-hydrogen) atoms. The molecule has 1 aliphatic heterocycles. The third-order valence-electron chi connectivity index (χ3n) is 2.39. The molecule has 0 aromatic carbocycles. The van der Waals surface area contributed by atoms with Crippen LogP contribution in [0.5, 0.6) is 0 Å². The molecule has 0 amide bonds. The maximum absolute atomic E-state index is 9.71. The van der Waals surface area contributed by atoms with Crippen molar-refractivity contribution in [2.24, 2.45) is 5.92 Å². The smallest absolute Gasteiger partial charge is 0.109 e. The summed E-state index contributed by atoms with van der Waals surface area (Å²) < 4.78 is 0. The molecule has 0 saturated carbocycles. The van der Waals surface area contributed by atoms with Crippen molar-refractivity contribution < 1.29 is 10.3 Å². The molecule has 78 valence electrons. The molecule has 0 aromatic heterocycles. The number of aliphatic hydroxyl groups excluding tert-OH is 1. The Morgan fingerprint density at radius 1 is 1.46 bits per heavy atom. The zero-order valence-electron chi connectivity index (χ0n) is 8.40. The van der Waals surface area contributed by atoms with Crippen molar-refractivity contribution >= 4 is 0 Å². The minimum atomic E-state index is -0.491. The highest BCUT2D eigenvalue weighted by Gasteiger charge is 2.25. The van der Waals surface area contributed by atoms with E-state index < -0.39 is 6.23 Å². The monoisotopic (exact) mass is 188 g/mol. The molecule has 3 N–H and O–H groups in total. The third kappa shape index (κ3) is 3.60. The summed E-state index contributed by atoms with van der Waals surface area (Å²) in [7, 11) is 0. The van der Waals surface area contributed by atoms with E-state index >= 15 is 0 Å². The van der Waals surface area contributed by atoms with Crippen molar-refractivity contribution in [2.45, 2.75) is 39.0 Å². The van der Waals surface area contributed by atoms with Gasteiger partial charge in [-0.1, -0.05) is 0 Å². The standard InChI is InChI=1S/C9H20N2O2/c1-7(2)10-9(12)8-4-3-5-11(13)6-8/h7-10,12-13H,3-6H2,1-2H3. The Morgan fingerprint density at radius 3 is 2.69 bits per heavy atom. The van der Waals surface area contributed by atoms with Crippen LogP contribution >= 0.6 is 0 Å². The van der Waals surface area contributed by atoms with Crippen molar-refractivity contribution in [1.29, 1.82) is 0 Å². The van der Waals surface area contributed by atoms with E-state index in [0.717, 1.165) is 19.4 Å². The zero-order chi connectivity index (χ0) is 9.84. The van der Waals surface area contributed by atoms with Crippen LogP contribution in [0, 0.1) is 5.92 Å². The molecule has 1 saturated heterocycles. The minimum Gasteiger partial charge on any atom is -0.378 e. The zero-order valence-corrected chi connectivity index (χ0v) is 8.40. The Kier molecular flexibility index (Phi) is 4.12. The van der Waals surface area contributed by atoms with Gasteiger partial charge in [0.1, 0.15) is 6.23 Å². The summed E-state index contributed by atoms with van der Waals surface area (Å²) in [5.41, 5.74) is 0. The van der Waals surface area contributed by atoms with Gasteiger partial charge in [-0.2, -0.15) is 5.06 Å². The van der Waals surface area contributed by atoms with Crippen LogP contribution in [0.4, 0.5) is 0 Å². The number of nitrogens with zero attached hydrogens (tertiary/aromatic N) is 1. The number of aliphatic hydroxyl groups is 1. The van der Waals surface area contributed by atoms with Gasteiger partial charge in [-0.15, -0.1) is 0 Å². The molecule has 1 fully saturated rings. The first-order valence-corrected chi connectivity index (χ1v) is 4.97. The van der Waals surface area contributed by atoms with E-state index in [1.165, 1.54) is 5.06 Å². The molecular weight excluding hydrogens is 168 g/mol. The number of hydrogen-bond donors (Lipinski definition) is 3. The van der Waals surface area contributed by atoms with Crippen molar-refractivity contribution in [3.8, 4) is 0 Å². The van der Waals surface area contributed by atoms with E-state index in [1.807, 2.05) is 13.8 Å². The van der Waals surface area contributed by atoms with Crippen molar-refractivity contribution in [1.82, 2.24) is 10.4 Å². The van der Waals surface area contributed by atoms with Crippen LogP contribution in [0.15, 0.2) is 0 Å². The van der Waals surface area contributed by atoms with Gasteiger partial charge in [0.25, 0.3) is 0 Å². The Bertz CT molecular complexity index is 153. The molecule has 0 bridgehead atoms. The normalized spacial score (nSPS) is 27.9. The highest BCUT2D eigenvalue weighted by atomic mass is 16.5. The second-order valence-corrected chi connectivity index (χ2v) is 4.08. The molecule has 2 atom stereocenters. The summed E-state index contributed by atoms with van der Waals surface area (Å²) >= 11 is 0. The molecule has 0 aliphatic carbocycles. The van der Waals surface area contributed by atoms with E-state index in [0.29, 0.717) is 6.54 Å². The molecule has 1 aliphatic rings. The van der Waals surface area contributed by atoms with Crippen LogP contribution in [0.3, 0.4) is 0 Å². The first-order chi connectivity index (χ1) is 6.09. The average Bonchev–Trinajstić information content (AvgIpc) is 2.03. The summed E-state index contributed by atoms with van der Waals surface area (Å²) in [6.07, 6.45) is 1.45. The molecule has 0 spiro atoms. The van der Waals surface area contributed by atoms with Gasteiger partial charge < -0.3 is 10.3 Å². The summed E-state index contributed by atoms with van der Waals surface area (Å²) in [5.74, 6) is 0.154. The number of nitrogens with one attached hydrogen (secondary N) is 1. The molecule has 0 aromatic rings. The van der Waals surface area contributed by atoms with Crippen molar-refractivity contribution in [2.75, 3.05) is 13.1 Å². The van der Waals surface area contributed by atoms with Crippen LogP contribution in [0.2, 0.25) is 0 Å². The lowest BCUT2D eigenvalue weighted by Gasteiger charge is -2.32. The maximum Gasteiger partial charge on any atom is 0.109 e. The minimum absolute atomic E-state index is 0.154. The van der Waals surface area contributed by atoms with E-state index in [9.17, 15) is 10.3 Å². The lowest BCUT2D eigenvalue weighted by atomic mass is 9.97. The van der Waals surface area contributed by atoms with Gasteiger partial charge in [-0.3, -0.25) is 5.32 Å². The lowest BCUT2D eigenvalue weighted by molar-refractivity contribution is -0.134. The largest absolute Gasteiger partial charge is 0.378 e. The van der Waals surface area contributed by atoms with E-state index in [2.05, 4.69) is 5.32 Å². The fraction of sp³-hybridized carbons (Fsp3) is 1.00. The summed E-state index contributed by atoms with van der Waals surface area (Å²) in [6, 6.07) is 0.282. The number of piperidine rings is 1. The topological polar surface area (TPSA) is 55.7 Å². The predicted molar refractivity (Wildman–Crippen MR) is 50.4 cm³/mol. The second kappa shape index (κ2) is 4.91. The van der Waals surface area contributed by atoms with Crippen LogP contribution in [0.1, 0.15) is 26.7 Å². The van der Waals surface area contributed by atoms with Gasteiger partial charge in [-0.25, -0.2) is 0 Å². The number of hydroxylamine groups is 2. The number of hydrogen-bond acceptors (Lipinski definition) is 4. The summed E-state index contributed by atoms with van der Waals surface area (Å²) in [4.78, 5) is 0. The Hall–Kier alpha value is -0.160. The Labute approximate surface area is 79.5 Å². The quantitative estimate of drug-likeness (QED) is 0.561. The average molecular weight is 188 g/mol. The van der Waals surface area contributed by atoms with Crippen molar-refractivity contribution in [3.63, 3.8) is 0 Å². The van der Waals surface area contributed by atoms with Crippen molar-refractivity contribution in [3.05, 3.63) is 0 Å². The summed E-state index contributed by atoms with van der Waals surface area (Å²) in [5, 5.41) is 23.3. The van der Waals surface area contributed by atoms with E-state index in [4.69, 9.17) is 0 Å². The fourth-order valence-electron chi connectivity index (χ4n) is 1.72. The highest BCUT2D eigenvalue weighted by Crippen LogP contribution is 2.17. The SMILES string of the molecule is CC(C)NC(O)C1CCCN(O)C1. The van der Waals surface area contributed by atoms with Gasteiger partial charge in [0.05, 0.1) is 0 Å². The molecule has 2 unspecified atom stereocenters. The third-order valence-corrected chi connectivity index (χ3v) is 2.39. The molecule has 4 heteroatoms. The van der Waals surface area contributed by atoms with Crippen LogP contribution in [-0.2, 0) is 0 Å². The molecular formula is C9H20N2O2. The Morgan fingerprint density at radius 2 is 2.15 bits per heavy atom.